The Bertz CT molecular complexity index is 879. The van der Waals surface area contributed by atoms with Gasteiger partial charge in [-0.2, -0.15) is 4.31 Å². The molecule has 0 fully saturated rings. The van der Waals surface area contributed by atoms with Gasteiger partial charge >= 0.3 is 5.97 Å². The average Bonchev–Trinajstić information content (AvgIpc) is 2.95. The molecule has 25 heavy (non-hydrogen) atoms. The van der Waals surface area contributed by atoms with Crippen LogP contribution in [0.3, 0.4) is 0 Å². The van der Waals surface area contributed by atoms with Crippen LogP contribution in [-0.2, 0) is 21.4 Å². The number of benzene rings is 1. The number of nitrogens with two attached hydrogens (primary N) is 1. The van der Waals surface area contributed by atoms with Crippen molar-refractivity contribution in [3.8, 4) is 0 Å². The molecule has 0 unspecified atom stereocenters. The first-order chi connectivity index (χ1) is 11.7. The van der Waals surface area contributed by atoms with Crippen LogP contribution in [0.25, 0.3) is 0 Å². The zero-order valence-electron chi connectivity index (χ0n) is 12.9. The second-order valence-corrected chi connectivity index (χ2v) is 7.72. The zero-order valence-corrected chi connectivity index (χ0v) is 15.3. The Labute approximate surface area is 152 Å². The van der Waals surface area contributed by atoms with Gasteiger partial charge in [-0.3, -0.25) is 4.79 Å². The van der Waals surface area contributed by atoms with Crippen LogP contribution in [0.1, 0.15) is 22.5 Å². The highest BCUT2D eigenvalue weighted by molar-refractivity contribution is 9.10. The van der Waals surface area contributed by atoms with Crippen LogP contribution in [0.2, 0.25) is 0 Å². The molecule has 2 aromatic rings. The number of nitrogens with zero attached hydrogens (tertiary/aromatic N) is 1. The molecule has 134 valence electrons. The van der Waals surface area contributed by atoms with Gasteiger partial charge in [0.15, 0.2) is 4.67 Å². The summed E-state index contributed by atoms with van der Waals surface area (Å²) in [5, 5.41) is 8.95. The molecule has 1 aromatic heterocycles. The highest BCUT2D eigenvalue weighted by Gasteiger charge is 2.31. The van der Waals surface area contributed by atoms with E-state index in [0.717, 1.165) is 10.4 Å². The van der Waals surface area contributed by atoms with Gasteiger partial charge in [0.1, 0.15) is 4.90 Å². The van der Waals surface area contributed by atoms with Crippen molar-refractivity contribution in [1.82, 2.24) is 4.31 Å². The number of furan rings is 1. The maximum atomic E-state index is 12.9. The monoisotopic (exact) mass is 430 g/mol. The summed E-state index contributed by atoms with van der Waals surface area (Å²) in [6.07, 6.45) is -0.173. The lowest BCUT2D eigenvalue weighted by atomic mass is 10.2. The summed E-state index contributed by atoms with van der Waals surface area (Å²) in [6, 6.07) is 9.69. The van der Waals surface area contributed by atoms with Crippen molar-refractivity contribution in [2.24, 2.45) is 5.73 Å². The minimum absolute atomic E-state index is 0.00349. The summed E-state index contributed by atoms with van der Waals surface area (Å²) >= 11 is 2.93. The van der Waals surface area contributed by atoms with E-state index in [1.54, 1.807) is 30.3 Å². The minimum Gasteiger partial charge on any atom is -0.475 e. The molecule has 0 atom stereocenters. The van der Waals surface area contributed by atoms with Crippen LogP contribution in [0, 0.1) is 0 Å². The summed E-state index contributed by atoms with van der Waals surface area (Å²) in [5.74, 6) is -2.56. The summed E-state index contributed by atoms with van der Waals surface area (Å²) in [4.78, 5) is 21.7. The van der Waals surface area contributed by atoms with Crippen LogP contribution in [0.5, 0.6) is 0 Å². The first-order valence-corrected chi connectivity index (χ1v) is 9.30. The molecule has 0 saturated heterocycles. The molecule has 0 spiro atoms. The molecule has 0 saturated carbocycles. The molecule has 0 bridgehead atoms. The van der Waals surface area contributed by atoms with Crippen molar-refractivity contribution in [2.75, 3.05) is 6.54 Å². The highest BCUT2D eigenvalue weighted by atomic mass is 79.9. The van der Waals surface area contributed by atoms with Gasteiger partial charge in [0.25, 0.3) is 0 Å². The van der Waals surface area contributed by atoms with Gasteiger partial charge in [0, 0.05) is 25.6 Å². The number of aromatic carboxylic acids is 1. The third kappa shape index (κ3) is 4.68. The number of rotatable bonds is 8. The number of primary amides is 1. The van der Waals surface area contributed by atoms with Crippen molar-refractivity contribution in [3.05, 3.63) is 52.4 Å². The Morgan fingerprint density at radius 2 is 1.88 bits per heavy atom. The molecule has 3 N–H and O–H groups in total. The maximum absolute atomic E-state index is 12.9. The smallest absolute Gasteiger partial charge is 0.371 e. The van der Waals surface area contributed by atoms with E-state index < -0.39 is 27.7 Å². The molecular formula is C15H15BrN2O6S. The number of amides is 1. The van der Waals surface area contributed by atoms with Crippen molar-refractivity contribution in [3.63, 3.8) is 0 Å². The van der Waals surface area contributed by atoms with Crippen molar-refractivity contribution in [2.45, 2.75) is 17.9 Å². The lowest BCUT2D eigenvalue weighted by Crippen LogP contribution is -2.33. The fourth-order valence-electron chi connectivity index (χ4n) is 2.08. The van der Waals surface area contributed by atoms with E-state index >= 15 is 0 Å². The number of halogens is 1. The number of carbonyl (C=O) groups excluding carboxylic acids is 1. The molecule has 0 radical (unpaired) electrons. The third-order valence-corrected chi connectivity index (χ3v) is 6.00. The number of carboxylic acids is 1. The molecule has 0 aliphatic rings. The van der Waals surface area contributed by atoms with Crippen LogP contribution in [0.15, 0.2) is 50.4 Å². The second-order valence-electron chi connectivity index (χ2n) is 5.09. The largest absolute Gasteiger partial charge is 0.475 e. The lowest BCUT2D eigenvalue weighted by molar-refractivity contribution is -0.118. The van der Waals surface area contributed by atoms with Gasteiger partial charge in [0.05, 0.1) is 0 Å². The number of sulfonamides is 1. The van der Waals surface area contributed by atoms with Crippen LogP contribution in [-0.4, -0.2) is 36.3 Å². The topological polar surface area (TPSA) is 131 Å². The summed E-state index contributed by atoms with van der Waals surface area (Å²) < 4.78 is 31.5. The van der Waals surface area contributed by atoms with Crippen molar-refractivity contribution in [1.29, 1.82) is 0 Å². The van der Waals surface area contributed by atoms with Gasteiger partial charge in [-0.1, -0.05) is 30.3 Å². The standard InChI is InChI=1S/C15H15BrN2O6S/c16-14-12(8-11(24-14)15(20)21)25(22,23)18(7-6-13(17)19)9-10-4-2-1-3-5-10/h1-5,8H,6-7,9H2,(H2,17,19)(H,20,21). The van der Waals surface area contributed by atoms with E-state index in [9.17, 15) is 18.0 Å². The van der Waals surface area contributed by atoms with Gasteiger partial charge in [-0.05, 0) is 21.5 Å². The quantitative estimate of drug-likeness (QED) is 0.656. The van der Waals surface area contributed by atoms with E-state index in [0.29, 0.717) is 5.56 Å². The van der Waals surface area contributed by atoms with Crippen molar-refractivity contribution < 1.29 is 27.5 Å². The van der Waals surface area contributed by atoms with Crippen LogP contribution < -0.4 is 5.73 Å². The predicted octanol–water partition coefficient (Wildman–Crippen LogP) is 1.81. The summed E-state index contributed by atoms with van der Waals surface area (Å²) in [7, 11) is -4.12. The van der Waals surface area contributed by atoms with Gasteiger partial charge in [-0.15, -0.1) is 0 Å². The van der Waals surface area contributed by atoms with Crippen LogP contribution in [0.4, 0.5) is 0 Å². The van der Waals surface area contributed by atoms with Crippen LogP contribution >= 0.6 is 15.9 Å². The Morgan fingerprint density at radius 3 is 2.40 bits per heavy atom. The third-order valence-electron chi connectivity index (χ3n) is 3.29. The van der Waals surface area contributed by atoms with Gasteiger partial charge < -0.3 is 15.3 Å². The summed E-state index contributed by atoms with van der Waals surface area (Å²) in [5.41, 5.74) is 5.83. The number of carboxylic acid groups (broad SMARTS) is 1. The molecule has 1 aromatic carbocycles. The van der Waals surface area contributed by atoms with E-state index in [2.05, 4.69) is 15.9 Å². The SMILES string of the molecule is NC(=O)CCN(Cc1ccccc1)S(=O)(=O)c1cc(C(=O)O)oc1Br. The fourth-order valence-corrected chi connectivity index (χ4v) is 4.41. The number of hydrogen-bond acceptors (Lipinski definition) is 5. The van der Waals surface area contributed by atoms with E-state index in [-0.39, 0.29) is 29.1 Å². The molecule has 0 aliphatic heterocycles. The molecule has 0 aliphatic carbocycles. The fraction of sp³-hybridized carbons (Fsp3) is 0.200. The van der Waals surface area contributed by atoms with Crippen molar-refractivity contribution >= 4 is 37.8 Å². The van der Waals surface area contributed by atoms with E-state index in [1.807, 2.05) is 0 Å². The predicted molar refractivity (Wildman–Crippen MR) is 91.2 cm³/mol. The van der Waals surface area contributed by atoms with Gasteiger partial charge in [0.2, 0.25) is 21.7 Å². The first-order valence-electron chi connectivity index (χ1n) is 7.07. The maximum Gasteiger partial charge on any atom is 0.371 e. The molecule has 8 nitrogen and oxygen atoms in total. The number of carbonyl (C=O) groups is 2. The Balaban J connectivity index is 2.40. The number of hydrogen-bond donors (Lipinski definition) is 2. The average molecular weight is 431 g/mol. The minimum atomic E-state index is -4.12. The van der Waals surface area contributed by atoms with Gasteiger partial charge in [-0.25, -0.2) is 13.2 Å². The molecule has 1 heterocycles. The zero-order chi connectivity index (χ0) is 18.6. The Hall–Kier alpha value is -2.17. The van der Waals surface area contributed by atoms with E-state index in [4.69, 9.17) is 15.3 Å². The summed E-state index contributed by atoms with van der Waals surface area (Å²) in [6.45, 7) is -0.150. The normalized spacial score (nSPS) is 11.6. The highest BCUT2D eigenvalue weighted by Crippen LogP contribution is 2.29. The molecule has 1 amide bonds. The molecular weight excluding hydrogens is 416 g/mol. The first kappa shape index (κ1) is 19.2. The Kier molecular flexibility index (Phi) is 5.98. The second kappa shape index (κ2) is 7.81. The molecule has 10 heteroatoms. The lowest BCUT2D eigenvalue weighted by Gasteiger charge is -2.21. The molecule has 2 rings (SSSR count). The Morgan fingerprint density at radius 1 is 1.24 bits per heavy atom. The van der Waals surface area contributed by atoms with E-state index in [1.165, 1.54) is 0 Å².